The number of carbonyl (C=O) groups excluding carboxylic acids is 1. The van der Waals surface area contributed by atoms with Gasteiger partial charge in [0, 0.05) is 0 Å². The summed E-state index contributed by atoms with van der Waals surface area (Å²) in [7, 11) is 0. The van der Waals surface area contributed by atoms with Gasteiger partial charge in [0.25, 0.3) is 0 Å². The molecule has 1 aromatic carbocycles. The molecular weight excluding hydrogens is 264 g/mol. The van der Waals surface area contributed by atoms with E-state index >= 15 is 0 Å². The van der Waals surface area contributed by atoms with Crippen LogP contribution in [0.15, 0.2) is 23.0 Å². The van der Waals surface area contributed by atoms with Gasteiger partial charge in [0.1, 0.15) is 6.04 Å². The zero-order valence-electron chi connectivity index (χ0n) is 11.0. The minimum Gasteiger partial charge on any atom is -0.478 e. The number of carboxylic acids is 1. The summed E-state index contributed by atoms with van der Waals surface area (Å²) in [5.41, 5.74) is 0.385. The maximum Gasteiger partial charge on any atom is 0.335 e. The standard InChI is InChI=1S/C13H14N2O5/c1-3-20-12(18)7(2)15-10-6-8(11(16)17)4-5-9(10)14-13(15)19/h4-7H,3H2,1-2H3,(H,14,19)(H,16,17). The maximum absolute atomic E-state index is 11.9. The third kappa shape index (κ3) is 2.29. The zero-order chi connectivity index (χ0) is 14.9. The van der Waals surface area contributed by atoms with Gasteiger partial charge in [0.05, 0.1) is 23.2 Å². The maximum atomic E-state index is 11.9. The summed E-state index contributed by atoms with van der Waals surface area (Å²) in [6.45, 7) is 3.41. The van der Waals surface area contributed by atoms with E-state index in [1.807, 2.05) is 0 Å². The normalized spacial score (nSPS) is 12.3. The first-order valence-electron chi connectivity index (χ1n) is 6.10. The predicted molar refractivity (Wildman–Crippen MR) is 70.9 cm³/mol. The number of carbonyl (C=O) groups is 2. The van der Waals surface area contributed by atoms with Gasteiger partial charge in [0.2, 0.25) is 0 Å². The van der Waals surface area contributed by atoms with Gasteiger partial charge in [-0.05, 0) is 32.0 Å². The van der Waals surface area contributed by atoms with Crippen molar-refractivity contribution in [2.45, 2.75) is 19.9 Å². The fourth-order valence-corrected chi connectivity index (χ4v) is 2.01. The third-order valence-electron chi connectivity index (χ3n) is 2.98. The Labute approximate surface area is 113 Å². The van der Waals surface area contributed by atoms with E-state index in [1.165, 1.54) is 29.7 Å². The van der Waals surface area contributed by atoms with Crippen LogP contribution in [0.25, 0.3) is 11.0 Å². The van der Waals surface area contributed by atoms with E-state index in [0.29, 0.717) is 11.0 Å². The number of hydrogen-bond donors (Lipinski definition) is 2. The number of nitrogens with one attached hydrogen (secondary N) is 1. The van der Waals surface area contributed by atoms with Crippen molar-refractivity contribution in [1.82, 2.24) is 9.55 Å². The molecule has 2 N–H and O–H groups in total. The summed E-state index contributed by atoms with van der Waals surface area (Å²) in [5, 5.41) is 8.98. The number of hydrogen-bond acceptors (Lipinski definition) is 4. The molecule has 1 aromatic heterocycles. The number of fused-ring (bicyclic) bond motifs is 1. The van der Waals surface area contributed by atoms with Crippen molar-refractivity contribution in [3.05, 3.63) is 34.2 Å². The van der Waals surface area contributed by atoms with Crippen LogP contribution in [0.2, 0.25) is 0 Å². The minimum absolute atomic E-state index is 0.0429. The van der Waals surface area contributed by atoms with Gasteiger partial charge >= 0.3 is 17.6 Å². The summed E-state index contributed by atoms with van der Waals surface area (Å²) in [6.07, 6.45) is 0. The van der Waals surface area contributed by atoms with E-state index in [-0.39, 0.29) is 12.2 Å². The Bertz CT molecular complexity index is 728. The van der Waals surface area contributed by atoms with Gasteiger partial charge in [-0.25, -0.2) is 14.4 Å². The van der Waals surface area contributed by atoms with Gasteiger partial charge in [-0.15, -0.1) is 0 Å². The summed E-state index contributed by atoms with van der Waals surface area (Å²) < 4.78 is 6.07. The first-order valence-corrected chi connectivity index (χ1v) is 6.10. The number of esters is 1. The first-order chi connectivity index (χ1) is 9.45. The molecule has 1 atom stereocenters. The number of rotatable bonds is 4. The van der Waals surface area contributed by atoms with Gasteiger partial charge in [-0.1, -0.05) is 0 Å². The van der Waals surface area contributed by atoms with Gasteiger partial charge in [0.15, 0.2) is 0 Å². The molecule has 0 amide bonds. The number of H-pyrrole nitrogens is 1. The van der Waals surface area contributed by atoms with Crippen LogP contribution in [0, 0.1) is 0 Å². The topological polar surface area (TPSA) is 101 Å². The molecule has 20 heavy (non-hydrogen) atoms. The Morgan fingerprint density at radius 3 is 2.75 bits per heavy atom. The van der Waals surface area contributed by atoms with Crippen molar-refractivity contribution in [3.8, 4) is 0 Å². The largest absolute Gasteiger partial charge is 0.478 e. The molecule has 2 rings (SSSR count). The molecule has 1 unspecified atom stereocenters. The Kier molecular flexibility index (Phi) is 3.60. The number of imidazole rings is 1. The second-order valence-electron chi connectivity index (χ2n) is 4.27. The summed E-state index contributed by atoms with van der Waals surface area (Å²) >= 11 is 0. The fraction of sp³-hybridized carbons (Fsp3) is 0.308. The van der Waals surface area contributed by atoms with E-state index in [1.54, 1.807) is 6.92 Å². The number of benzene rings is 1. The minimum atomic E-state index is -1.10. The summed E-state index contributed by atoms with van der Waals surface area (Å²) in [5.74, 6) is -1.65. The quantitative estimate of drug-likeness (QED) is 0.817. The Morgan fingerprint density at radius 1 is 1.45 bits per heavy atom. The Morgan fingerprint density at radius 2 is 2.15 bits per heavy atom. The third-order valence-corrected chi connectivity index (χ3v) is 2.98. The van der Waals surface area contributed by atoms with Crippen molar-refractivity contribution < 1.29 is 19.4 Å². The molecule has 0 aliphatic rings. The highest BCUT2D eigenvalue weighted by Gasteiger charge is 2.21. The average Bonchev–Trinajstić information content (AvgIpc) is 2.72. The van der Waals surface area contributed by atoms with Crippen LogP contribution in [0.5, 0.6) is 0 Å². The van der Waals surface area contributed by atoms with Crippen LogP contribution >= 0.6 is 0 Å². The molecule has 0 saturated carbocycles. The van der Waals surface area contributed by atoms with Crippen LogP contribution in [0.3, 0.4) is 0 Å². The van der Waals surface area contributed by atoms with Crippen LogP contribution in [0.4, 0.5) is 0 Å². The van der Waals surface area contributed by atoms with Crippen molar-refractivity contribution in [3.63, 3.8) is 0 Å². The Hall–Kier alpha value is -2.57. The van der Waals surface area contributed by atoms with Crippen LogP contribution in [-0.4, -0.2) is 33.2 Å². The fourth-order valence-electron chi connectivity index (χ4n) is 2.01. The lowest BCUT2D eigenvalue weighted by atomic mass is 10.2. The van der Waals surface area contributed by atoms with Gasteiger partial charge in [-0.2, -0.15) is 0 Å². The highest BCUT2D eigenvalue weighted by atomic mass is 16.5. The van der Waals surface area contributed by atoms with Crippen molar-refractivity contribution in [2.75, 3.05) is 6.61 Å². The number of aromatic nitrogens is 2. The second-order valence-corrected chi connectivity index (χ2v) is 4.27. The lowest BCUT2D eigenvalue weighted by molar-refractivity contribution is -0.146. The lowest BCUT2D eigenvalue weighted by Crippen LogP contribution is -2.27. The monoisotopic (exact) mass is 278 g/mol. The number of aromatic amines is 1. The van der Waals surface area contributed by atoms with E-state index in [0.717, 1.165) is 0 Å². The predicted octanol–water partition coefficient (Wildman–Crippen LogP) is 1.15. The zero-order valence-corrected chi connectivity index (χ0v) is 11.0. The molecule has 0 saturated heterocycles. The molecule has 0 radical (unpaired) electrons. The molecule has 0 aliphatic heterocycles. The molecule has 7 heteroatoms. The average molecular weight is 278 g/mol. The second kappa shape index (κ2) is 5.20. The van der Waals surface area contributed by atoms with Crippen molar-refractivity contribution in [1.29, 1.82) is 0 Å². The molecule has 0 fully saturated rings. The summed E-state index contributed by atoms with van der Waals surface area (Å²) in [6, 6.07) is 3.40. The smallest absolute Gasteiger partial charge is 0.335 e. The molecule has 7 nitrogen and oxygen atoms in total. The molecule has 1 heterocycles. The van der Waals surface area contributed by atoms with E-state index < -0.39 is 23.7 Å². The molecule has 0 bridgehead atoms. The Balaban J connectivity index is 2.59. The number of aromatic carboxylic acids is 1. The van der Waals surface area contributed by atoms with E-state index in [9.17, 15) is 14.4 Å². The number of nitrogens with zero attached hydrogens (tertiary/aromatic N) is 1. The van der Waals surface area contributed by atoms with Crippen LogP contribution < -0.4 is 5.69 Å². The highest BCUT2D eigenvalue weighted by Crippen LogP contribution is 2.17. The van der Waals surface area contributed by atoms with Crippen LogP contribution in [-0.2, 0) is 9.53 Å². The van der Waals surface area contributed by atoms with E-state index in [2.05, 4.69) is 4.98 Å². The lowest BCUT2D eigenvalue weighted by Gasteiger charge is -2.12. The molecule has 0 aliphatic carbocycles. The highest BCUT2D eigenvalue weighted by molar-refractivity contribution is 5.92. The number of carboxylic acid groups (broad SMARTS) is 1. The number of ether oxygens (including phenoxy) is 1. The molecule has 2 aromatic rings. The van der Waals surface area contributed by atoms with Gasteiger partial charge in [-0.3, -0.25) is 4.57 Å². The first kappa shape index (κ1) is 13.9. The van der Waals surface area contributed by atoms with Crippen molar-refractivity contribution in [2.24, 2.45) is 0 Å². The SMILES string of the molecule is CCOC(=O)C(C)n1c(=O)[nH]c2ccc(C(=O)O)cc21. The van der Waals surface area contributed by atoms with E-state index in [4.69, 9.17) is 9.84 Å². The van der Waals surface area contributed by atoms with Gasteiger partial charge < -0.3 is 14.8 Å². The summed E-state index contributed by atoms with van der Waals surface area (Å²) in [4.78, 5) is 37.2. The molecular formula is C13H14N2O5. The molecule has 106 valence electrons. The van der Waals surface area contributed by atoms with Crippen LogP contribution in [0.1, 0.15) is 30.2 Å². The molecule has 0 spiro atoms. The van der Waals surface area contributed by atoms with Crippen molar-refractivity contribution >= 4 is 23.0 Å².